The van der Waals surface area contributed by atoms with Crippen LogP contribution in [0.4, 0.5) is 0 Å². The van der Waals surface area contributed by atoms with Crippen LogP contribution in [0, 0.1) is 11.8 Å². The van der Waals surface area contributed by atoms with Crippen molar-refractivity contribution in [3.8, 4) is 11.8 Å². The first-order valence-electron chi connectivity index (χ1n) is 9.71. The van der Waals surface area contributed by atoms with E-state index in [9.17, 15) is 4.79 Å². The van der Waals surface area contributed by atoms with Crippen molar-refractivity contribution in [1.29, 1.82) is 0 Å². The number of thioether (sulfide) groups is 1. The topological polar surface area (TPSA) is 52.1 Å². The molecule has 0 fully saturated rings. The van der Waals surface area contributed by atoms with Gasteiger partial charge in [-0.05, 0) is 60.1 Å². The van der Waals surface area contributed by atoms with Crippen molar-refractivity contribution in [3.05, 3.63) is 52.6 Å². The van der Waals surface area contributed by atoms with Crippen LogP contribution in [0.5, 0.6) is 0 Å². The van der Waals surface area contributed by atoms with E-state index in [2.05, 4.69) is 54.7 Å². The Hall–Kier alpha value is -2.32. The number of hydrogen-bond acceptors (Lipinski definition) is 5. The van der Waals surface area contributed by atoms with Crippen LogP contribution in [-0.4, -0.2) is 28.3 Å². The molecule has 2 heterocycles. The molecule has 28 heavy (non-hydrogen) atoms. The monoisotopic (exact) mass is 394 g/mol. The molecule has 0 aliphatic carbocycles. The van der Waals surface area contributed by atoms with Crippen molar-refractivity contribution in [1.82, 2.24) is 9.97 Å². The first kappa shape index (κ1) is 20.4. The summed E-state index contributed by atoms with van der Waals surface area (Å²) in [5.41, 5.74) is 5.09. The SMILES string of the molecule is CCOC(=O)Cc1cnc(C#Cc2cc3c(cc2CC)SCCC3(C)C)cn1. The Balaban J connectivity index is 1.84. The highest BCUT2D eigenvalue weighted by Gasteiger charge is 2.28. The van der Waals surface area contributed by atoms with Gasteiger partial charge in [-0.25, -0.2) is 4.98 Å². The molecule has 5 heteroatoms. The van der Waals surface area contributed by atoms with Crippen LogP contribution in [0.1, 0.15) is 62.2 Å². The second kappa shape index (κ2) is 8.79. The van der Waals surface area contributed by atoms with E-state index in [1.807, 2.05) is 11.8 Å². The molecular formula is C23H26N2O2S. The number of carbonyl (C=O) groups is 1. The van der Waals surface area contributed by atoms with Crippen LogP contribution in [0.3, 0.4) is 0 Å². The molecule has 0 spiro atoms. The molecule has 4 nitrogen and oxygen atoms in total. The Bertz CT molecular complexity index is 924. The third kappa shape index (κ3) is 4.74. The maximum absolute atomic E-state index is 11.5. The van der Waals surface area contributed by atoms with Crippen LogP contribution in [0.15, 0.2) is 29.4 Å². The second-order valence-electron chi connectivity index (χ2n) is 7.47. The minimum absolute atomic E-state index is 0.131. The van der Waals surface area contributed by atoms with Gasteiger partial charge in [-0.3, -0.25) is 9.78 Å². The van der Waals surface area contributed by atoms with E-state index in [0.717, 1.165) is 12.0 Å². The largest absolute Gasteiger partial charge is 0.466 e. The average molecular weight is 395 g/mol. The van der Waals surface area contributed by atoms with E-state index < -0.39 is 0 Å². The molecule has 0 N–H and O–H groups in total. The summed E-state index contributed by atoms with van der Waals surface area (Å²) in [7, 11) is 0. The normalized spacial score (nSPS) is 14.6. The Morgan fingerprint density at radius 3 is 2.71 bits per heavy atom. The fourth-order valence-electron chi connectivity index (χ4n) is 3.23. The van der Waals surface area contributed by atoms with Crippen LogP contribution >= 0.6 is 11.8 Å². The van der Waals surface area contributed by atoms with Crippen molar-refractivity contribution >= 4 is 17.7 Å². The number of aryl methyl sites for hydroxylation is 1. The van der Waals surface area contributed by atoms with Crippen molar-refractivity contribution in [3.63, 3.8) is 0 Å². The van der Waals surface area contributed by atoms with Gasteiger partial charge in [-0.2, -0.15) is 0 Å². The molecule has 1 aromatic heterocycles. The van der Waals surface area contributed by atoms with Gasteiger partial charge in [-0.15, -0.1) is 11.8 Å². The highest BCUT2D eigenvalue weighted by Crippen LogP contribution is 2.42. The lowest BCUT2D eigenvalue weighted by Gasteiger charge is -2.32. The molecule has 146 valence electrons. The fraction of sp³-hybridized carbons (Fsp3) is 0.435. The quantitative estimate of drug-likeness (QED) is 0.571. The van der Waals surface area contributed by atoms with Gasteiger partial charge in [0.15, 0.2) is 0 Å². The Morgan fingerprint density at radius 1 is 1.21 bits per heavy atom. The van der Waals surface area contributed by atoms with Gasteiger partial charge in [-0.1, -0.05) is 26.7 Å². The van der Waals surface area contributed by atoms with Crippen LogP contribution in [-0.2, 0) is 27.8 Å². The zero-order valence-electron chi connectivity index (χ0n) is 17.0. The number of esters is 1. The third-order valence-electron chi connectivity index (χ3n) is 4.96. The Morgan fingerprint density at radius 2 is 2.04 bits per heavy atom. The highest BCUT2D eigenvalue weighted by molar-refractivity contribution is 7.99. The van der Waals surface area contributed by atoms with Crippen molar-refractivity contribution < 1.29 is 9.53 Å². The lowest BCUT2D eigenvalue weighted by Crippen LogP contribution is -2.23. The van der Waals surface area contributed by atoms with Gasteiger partial charge in [0, 0.05) is 10.5 Å². The number of benzene rings is 1. The summed E-state index contributed by atoms with van der Waals surface area (Å²) < 4.78 is 4.93. The number of hydrogen-bond donors (Lipinski definition) is 0. The third-order valence-corrected chi connectivity index (χ3v) is 6.02. The number of aromatic nitrogens is 2. The summed E-state index contributed by atoms with van der Waals surface area (Å²) in [6, 6.07) is 4.56. The van der Waals surface area contributed by atoms with Gasteiger partial charge in [0.2, 0.25) is 0 Å². The number of ether oxygens (including phenoxy) is 1. The minimum atomic E-state index is -0.294. The van der Waals surface area contributed by atoms with Crippen molar-refractivity contribution in [2.24, 2.45) is 0 Å². The molecule has 0 saturated heterocycles. The van der Waals surface area contributed by atoms with Crippen LogP contribution in [0.25, 0.3) is 0 Å². The number of fused-ring (bicyclic) bond motifs is 1. The Labute approximate surface area is 171 Å². The summed E-state index contributed by atoms with van der Waals surface area (Å²) in [6.45, 7) is 8.93. The predicted octanol–water partition coefficient (Wildman–Crippen LogP) is 4.32. The molecular weight excluding hydrogens is 368 g/mol. The lowest BCUT2D eigenvalue weighted by molar-refractivity contribution is -0.142. The van der Waals surface area contributed by atoms with E-state index >= 15 is 0 Å². The summed E-state index contributed by atoms with van der Waals surface area (Å²) in [4.78, 5) is 21.5. The summed E-state index contributed by atoms with van der Waals surface area (Å²) in [6.07, 6.45) is 5.46. The maximum atomic E-state index is 11.5. The molecule has 0 radical (unpaired) electrons. The number of rotatable bonds is 4. The maximum Gasteiger partial charge on any atom is 0.311 e. The molecule has 3 rings (SSSR count). The molecule has 0 atom stereocenters. The second-order valence-corrected chi connectivity index (χ2v) is 8.60. The Kier molecular flexibility index (Phi) is 6.41. The molecule has 2 aromatic rings. The first-order chi connectivity index (χ1) is 13.4. The predicted molar refractivity (Wildman–Crippen MR) is 113 cm³/mol. The van der Waals surface area contributed by atoms with E-state index in [4.69, 9.17) is 4.74 Å². The minimum Gasteiger partial charge on any atom is -0.466 e. The lowest BCUT2D eigenvalue weighted by atomic mass is 9.80. The average Bonchev–Trinajstić information content (AvgIpc) is 2.67. The molecule has 0 unspecified atom stereocenters. The van der Waals surface area contributed by atoms with Gasteiger partial charge in [0.1, 0.15) is 5.69 Å². The fourth-order valence-corrected chi connectivity index (χ4v) is 4.78. The van der Waals surface area contributed by atoms with E-state index in [-0.39, 0.29) is 17.8 Å². The van der Waals surface area contributed by atoms with E-state index in [1.165, 1.54) is 28.2 Å². The van der Waals surface area contributed by atoms with Gasteiger partial charge >= 0.3 is 5.97 Å². The molecule has 1 aliphatic rings. The molecule has 0 amide bonds. The van der Waals surface area contributed by atoms with Gasteiger partial charge in [0.25, 0.3) is 0 Å². The summed E-state index contributed by atoms with van der Waals surface area (Å²) in [5.74, 6) is 7.30. The molecule has 0 bridgehead atoms. The summed E-state index contributed by atoms with van der Waals surface area (Å²) >= 11 is 1.95. The molecule has 1 aliphatic heterocycles. The van der Waals surface area contributed by atoms with Crippen molar-refractivity contribution in [2.75, 3.05) is 12.4 Å². The highest BCUT2D eigenvalue weighted by atomic mass is 32.2. The smallest absolute Gasteiger partial charge is 0.311 e. The number of carbonyl (C=O) groups excluding carboxylic acids is 1. The standard InChI is InChI=1S/C23H26N2O2S/c1-5-16-12-21-20(23(3,4)9-10-28-21)11-17(16)7-8-18-14-25-19(15-24-18)13-22(26)27-6-2/h11-12,14-15H,5-6,9-10,13H2,1-4H3. The summed E-state index contributed by atoms with van der Waals surface area (Å²) in [5, 5.41) is 0. The van der Waals surface area contributed by atoms with Gasteiger partial charge in [0.05, 0.1) is 31.1 Å². The molecule has 1 aromatic carbocycles. The van der Waals surface area contributed by atoms with Crippen LogP contribution in [0.2, 0.25) is 0 Å². The van der Waals surface area contributed by atoms with Crippen molar-refractivity contribution in [2.45, 2.75) is 57.3 Å². The van der Waals surface area contributed by atoms with Crippen LogP contribution < -0.4 is 0 Å². The zero-order chi connectivity index (χ0) is 20.1. The zero-order valence-corrected chi connectivity index (χ0v) is 17.8. The van der Waals surface area contributed by atoms with E-state index in [1.54, 1.807) is 19.3 Å². The molecule has 0 saturated carbocycles. The van der Waals surface area contributed by atoms with Gasteiger partial charge < -0.3 is 4.74 Å². The van der Waals surface area contributed by atoms with E-state index in [0.29, 0.717) is 18.0 Å². The first-order valence-corrected chi connectivity index (χ1v) is 10.7. The number of nitrogens with zero attached hydrogens (tertiary/aromatic N) is 2.